The van der Waals surface area contributed by atoms with Gasteiger partial charge < -0.3 is 10.2 Å². The van der Waals surface area contributed by atoms with E-state index in [1.54, 1.807) is 12.1 Å². The van der Waals surface area contributed by atoms with Crippen LogP contribution < -0.4 is 14.9 Å². The molecule has 1 saturated heterocycles. The van der Waals surface area contributed by atoms with Gasteiger partial charge in [0.2, 0.25) is 10.0 Å². The summed E-state index contributed by atoms with van der Waals surface area (Å²) in [6.07, 6.45) is 2.74. The van der Waals surface area contributed by atoms with Gasteiger partial charge in [0, 0.05) is 25.2 Å². The zero-order valence-corrected chi connectivity index (χ0v) is 20.2. The van der Waals surface area contributed by atoms with Crippen LogP contribution >= 0.6 is 0 Å². The van der Waals surface area contributed by atoms with Crippen molar-refractivity contribution in [3.05, 3.63) is 95.6 Å². The van der Waals surface area contributed by atoms with E-state index in [-0.39, 0.29) is 16.8 Å². The zero-order chi connectivity index (χ0) is 24.0. The molecule has 0 bridgehead atoms. The molecule has 0 radical (unpaired) electrons. The molecule has 178 valence electrons. The number of carbonyl (C=O) groups is 1. The fourth-order valence-electron chi connectivity index (χ4n) is 4.27. The van der Waals surface area contributed by atoms with E-state index in [4.69, 9.17) is 0 Å². The Bertz CT molecular complexity index is 1170. The maximum atomic E-state index is 13.4. The van der Waals surface area contributed by atoms with Gasteiger partial charge in [-0.3, -0.25) is 4.79 Å². The van der Waals surface area contributed by atoms with Gasteiger partial charge in [-0.1, -0.05) is 67.6 Å². The van der Waals surface area contributed by atoms with Gasteiger partial charge in [0.25, 0.3) is 5.91 Å². The number of nitrogens with one attached hydrogen (secondary N) is 2. The number of hydrogen-bond acceptors (Lipinski definition) is 4. The molecule has 0 aliphatic carbocycles. The van der Waals surface area contributed by atoms with Crippen LogP contribution in [-0.4, -0.2) is 34.0 Å². The predicted octanol–water partition coefficient (Wildman–Crippen LogP) is 4.49. The van der Waals surface area contributed by atoms with Crippen molar-refractivity contribution in [2.24, 2.45) is 0 Å². The maximum Gasteiger partial charge on any atom is 0.252 e. The summed E-state index contributed by atoms with van der Waals surface area (Å²) in [5.74, 6) is -0.322. The Morgan fingerprint density at radius 3 is 2.06 bits per heavy atom. The molecule has 1 amide bonds. The van der Waals surface area contributed by atoms with Crippen molar-refractivity contribution in [1.82, 2.24) is 10.0 Å². The fraction of sp³-hybridized carbons (Fsp3) is 0.296. The van der Waals surface area contributed by atoms with Crippen LogP contribution in [0.4, 0.5) is 5.69 Å². The molecular weight excluding hydrogens is 446 g/mol. The van der Waals surface area contributed by atoms with Crippen molar-refractivity contribution >= 4 is 21.6 Å². The highest BCUT2D eigenvalue weighted by Crippen LogP contribution is 2.30. The number of amides is 1. The Morgan fingerprint density at radius 1 is 0.912 bits per heavy atom. The highest BCUT2D eigenvalue weighted by molar-refractivity contribution is 7.89. The van der Waals surface area contributed by atoms with Crippen LogP contribution in [0.25, 0.3) is 0 Å². The van der Waals surface area contributed by atoms with E-state index in [2.05, 4.69) is 14.9 Å². The summed E-state index contributed by atoms with van der Waals surface area (Å²) >= 11 is 0. The Balaban J connectivity index is 1.69. The second-order valence-electron chi connectivity index (χ2n) is 8.50. The molecule has 3 aromatic carbocycles. The second kappa shape index (κ2) is 10.8. The lowest BCUT2D eigenvalue weighted by Gasteiger charge is -2.23. The molecule has 1 aliphatic rings. The average molecular weight is 478 g/mol. The van der Waals surface area contributed by atoms with Crippen molar-refractivity contribution in [2.75, 3.05) is 24.5 Å². The van der Waals surface area contributed by atoms with E-state index in [1.807, 2.05) is 67.6 Å². The summed E-state index contributed by atoms with van der Waals surface area (Å²) in [7, 11) is -3.75. The molecule has 1 aliphatic heterocycles. The minimum atomic E-state index is -3.75. The first-order valence-corrected chi connectivity index (χ1v) is 13.3. The first-order chi connectivity index (χ1) is 16.5. The van der Waals surface area contributed by atoms with Crippen LogP contribution in [0.5, 0.6) is 0 Å². The second-order valence-corrected chi connectivity index (χ2v) is 10.2. The third kappa shape index (κ3) is 5.48. The Hall–Kier alpha value is -3.16. The number of nitrogens with zero attached hydrogens (tertiary/aromatic N) is 1. The lowest BCUT2D eigenvalue weighted by molar-refractivity contribution is 0.0942. The van der Waals surface area contributed by atoms with E-state index in [1.165, 1.54) is 6.07 Å². The summed E-state index contributed by atoms with van der Waals surface area (Å²) in [6.45, 7) is 3.89. The van der Waals surface area contributed by atoms with E-state index < -0.39 is 10.0 Å². The number of hydrogen-bond donors (Lipinski definition) is 2. The van der Waals surface area contributed by atoms with Gasteiger partial charge in [-0.05, 0) is 48.6 Å². The molecule has 34 heavy (non-hydrogen) atoms. The molecule has 0 saturated carbocycles. The Labute approximate surface area is 202 Å². The number of rotatable bonds is 9. The van der Waals surface area contributed by atoms with Crippen LogP contribution in [0.1, 0.15) is 53.7 Å². The number of anilines is 1. The third-order valence-electron chi connectivity index (χ3n) is 6.04. The van der Waals surface area contributed by atoms with E-state index >= 15 is 0 Å². The highest BCUT2D eigenvalue weighted by atomic mass is 32.2. The molecule has 0 atom stereocenters. The predicted molar refractivity (Wildman–Crippen MR) is 136 cm³/mol. The molecule has 4 rings (SSSR count). The normalized spacial score (nSPS) is 13.9. The SMILES string of the molecule is CCCNS(=O)(=O)c1cc(C(=O)NC(c2ccccc2)c2ccccc2)ccc1N1CCCC1. The molecule has 6 nitrogen and oxygen atoms in total. The van der Waals surface area contributed by atoms with Crippen LogP contribution in [0.15, 0.2) is 83.8 Å². The van der Waals surface area contributed by atoms with Crippen molar-refractivity contribution in [3.63, 3.8) is 0 Å². The lowest BCUT2D eigenvalue weighted by Crippen LogP contribution is -2.31. The molecule has 0 unspecified atom stereocenters. The summed E-state index contributed by atoms with van der Waals surface area (Å²) < 4.78 is 28.9. The minimum absolute atomic E-state index is 0.159. The van der Waals surface area contributed by atoms with Crippen molar-refractivity contribution in [2.45, 2.75) is 37.1 Å². The van der Waals surface area contributed by atoms with Crippen LogP contribution in [0.3, 0.4) is 0 Å². The monoisotopic (exact) mass is 477 g/mol. The molecule has 2 N–H and O–H groups in total. The Morgan fingerprint density at radius 2 is 1.50 bits per heavy atom. The minimum Gasteiger partial charge on any atom is -0.370 e. The van der Waals surface area contributed by atoms with E-state index in [0.29, 0.717) is 24.2 Å². The van der Waals surface area contributed by atoms with Gasteiger partial charge >= 0.3 is 0 Å². The van der Waals surface area contributed by atoms with Crippen molar-refractivity contribution in [1.29, 1.82) is 0 Å². The first-order valence-electron chi connectivity index (χ1n) is 11.8. The standard InChI is InChI=1S/C27H31N3O3S/c1-2-17-28-34(32,33)25-20-23(15-16-24(25)30-18-9-10-19-30)27(31)29-26(21-11-5-3-6-12-21)22-13-7-4-8-14-22/h3-8,11-16,20,26,28H,2,9-10,17-19H2,1H3,(H,29,31). The van der Waals surface area contributed by atoms with Crippen LogP contribution in [0, 0.1) is 0 Å². The van der Waals surface area contributed by atoms with Crippen molar-refractivity contribution in [3.8, 4) is 0 Å². The molecule has 0 spiro atoms. The van der Waals surface area contributed by atoms with Gasteiger partial charge in [-0.25, -0.2) is 13.1 Å². The van der Waals surface area contributed by atoms with Gasteiger partial charge in [-0.2, -0.15) is 0 Å². The van der Waals surface area contributed by atoms with Crippen LogP contribution in [0.2, 0.25) is 0 Å². The van der Waals surface area contributed by atoms with E-state index in [9.17, 15) is 13.2 Å². The van der Waals surface area contributed by atoms with Gasteiger partial charge in [0.15, 0.2) is 0 Å². The topological polar surface area (TPSA) is 78.5 Å². The third-order valence-corrected chi connectivity index (χ3v) is 7.53. The molecule has 1 heterocycles. The zero-order valence-electron chi connectivity index (χ0n) is 19.4. The fourth-order valence-corrected chi connectivity index (χ4v) is 5.65. The van der Waals surface area contributed by atoms with E-state index in [0.717, 1.165) is 37.1 Å². The van der Waals surface area contributed by atoms with Gasteiger partial charge in [0.05, 0.1) is 11.7 Å². The quantitative estimate of drug-likeness (QED) is 0.476. The van der Waals surface area contributed by atoms with Gasteiger partial charge in [0.1, 0.15) is 4.90 Å². The summed E-state index contributed by atoms with van der Waals surface area (Å²) in [5.41, 5.74) is 2.87. The number of carbonyl (C=O) groups excluding carboxylic acids is 1. The number of sulfonamides is 1. The maximum absolute atomic E-state index is 13.4. The first kappa shape index (κ1) is 24.0. The lowest BCUT2D eigenvalue weighted by atomic mass is 9.98. The smallest absolute Gasteiger partial charge is 0.252 e. The molecule has 0 aromatic heterocycles. The molecule has 3 aromatic rings. The van der Waals surface area contributed by atoms with Gasteiger partial charge in [-0.15, -0.1) is 0 Å². The highest BCUT2D eigenvalue weighted by Gasteiger charge is 2.26. The molecule has 1 fully saturated rings. The summed E-state index contributed by atoms with van der Waals surface area (Å²) in [4.78, 5) is 15.6. The molecular formula is C27H31N3O3S. The largest absolute Gasteiger partial charge is 0.370 e. The summed E-state index contributed by atoms with van der Waals surface area (Å²) in [5, 5.41) is 3.11. The van der Waals surface area contributed by atoms with Crippen LogP contribution in [-0.2, 0) is 10.0 Å². The average Bonchev–Trinajstić information content (AvgIpc) is 3.41. The Kier molecular flexibility index (Phi) is 7.65. The summed E-state index contributed by atoms with van der Waals surface area (Å²) in [6, 6.07) is 24.1. The molecule has 7 heteroatoms. The van der Waals surface area contributed by atoms with Crippen molar-refractivity contribution < 1.29 is 13.2 Å². The number of benzene rings is 3.